The molecule has 2 atom stereocenters. The van der Waals surface area contributed by atoms with Crippen molar-refractivity contribution in [3.63, 3.8) is 0 Å². The van der Waals surface area contributed by atoms with Crippen molar-refractivity contribution in [2.75, 3.05) is 6.54 Å². The fourth-order valence-corrected chi connectivity index (χ4v) is 3.12. The molecule has 2 heterocycles. The Morgan fingerprint density at radius 3 is 2.79 bits per heavy atom. The number of pyridine rings is 1. The Bertz CT molecular complexity index is 688. The Morgan fingerprint density at radius 2 is 2.04 bits per heavy atom. The number of nitrogens with zero attached hydrogens (tertiary/aromatic N) is 2. The standard InChI is InChI=1S/C19H23N3O2/c1-14(20)18-9-5-6-12-22(18)19(23)17-13-16(10-11-21-17)24-15-7-3-2-4-8-15/h2-4,7-8,10-11,13-14,18H,5-6,9,12,20H2,1H3/t14-,18+/m1/s1. The average Bonchev–Trinajstić information content (AvgIpc) is 2.62. The molecule has 126 valence electrons. The Morgan fingerprint density at radius 1 is 1.25 bits per heavy atom. The van der Waals surface area contributed by atoms with E-state index in [1.807, 2.05) is 42.2 Å². The molecule has 1 saturated heterocycles. The van der Waals surface area contributed by atoms with Crippen LogP contribution in [0.5, 0.6) is 11.5 Å². The monoisotopic (exact) mass is 325 g/mol. The van der Waals surface area contributed by atoms with Gasteiger partial charge in [-0.05, 0) is 44.4 Å². The molecule has 24 heavy (non-hydrogen) atoms. The molecule has 2 N–H and O–H groups in total. The maximum Gasteiger partial charge on any atom is 0.272 e. The van der Waals surface area contributed by atoms with E-state index in [2.05, 4.69) is 4.98 Å². The quantitative estimate of drug-likeness (QED) is 0.937. The number of ether oxygens (including phenoxy) is 1. The summed E-state index contributed by atoms with van der Waals surface area (Å²) in [6.07, 6.45) is 4.68. The van der Waals surface area contributed by atoms with Gasteiger partial charge >= 0.3 is 0 Å². The molecular formula is C19H23N3O2. The average molecular weight is 325 g/mol. The van der Waals surface area contributed by atoms with Crippen LogP contribution in [0.25, 0.3) is 0 Å². The SMILES string of the molecule is C[C@@H](N)[C@@H]1CCCCN1C(=O)c1cc(Oc2ccccc2)ccn1. The smallest absolute Gasteiger partial charge is 0.272 e. The zero-order valence-corrected chi connectivity index (χ0v) is 13.9. The van der Waals surface area contributed by atoms with Gasteiger partial charge in [0, 0.05) is 30.9 Å². The summed E-state index contributed by atoms with van der Waals surface area (Å²) in [4.78, 5) is 19.0. The number of piperidine rings is 1. The molecule has 0 saturated carbocycles. The molecule has 2 aromatic rings. The first-order chi connectivity index (χ1) is 11.6. The topological polar surface area (TPSA) is 68.5 Å². The number of para-hydroxylation sites is 1. The maximum atomic E-state index is 12.9. The third-order valence-electron chi connectivity index (χ3n) is 4.35. The molecule has 1 aliphatic rings. The minimum Gasteiger partial charge on any atom is -0.457 e. The van der Waals surface area contributed by atoms with E-state index < -0.39 is 0 Å². The minimum absolute atomic E-state index is 0.0435. The molecule has 1 aromatic carbocycles. The van der Waals surface area contributed by atoms with Gasteiger partial charge in [0.05, 0.1) is 0 Å². The van der Waals surface area contributed by atoms with Gasteiger partial charge in [0.2, 0.25) is 0 Å². The minimum atomic E-state index is -0.0736. The number of nitrogens with two attached hydrogens (primary N) is 1. The van der Waals surface area contributed by atoms with Gasteiger partial charge in [0.15, 0.2) is 0 Å². The van der Waals surface area contributed by atoms with Gasteiger partial charge in [0.25, 0.3) is 5.91 Å². The van der Waals surface area contributed by atoms with Crippen LogP contribution < -0.4 is 10.5 Å². The molecule has 5 nitrogen and oxygen atoms in total. The van der Waals surface area contributed by atoms with E-state index in [0.29, 0.717) is 11.4 Å². The molecule has 0 aliphatic carbocycles. The highest BCUT2D eigenvalue weighted by Gasteiger charge is 2.30. The van der Waals surface area contributed by atoms with E-state index in [1.165, 1.54) is 0 Å². The van der Waals surface area contributed by atoms with Crippen molar-refractivity contribution in [3.8, 4) is 11.5 Å². The van der Waals surface area contributed by atoms with Gasteiger partial charge in [-0.2, -0.15) is 0 Å². The molecule has 1 fully saturated rings. The van der Waals surface area contributed by atoms with Gasteiger partial charge in [-0.15, -0.1) is 0 Å². The van der Waals surface area contributed by atoms with E-state index in [1.54, 1.807) is 18.3 Å². The van der Waals surface area contributed by atoms with Crippen molar-refractivity contribution in [1.29, 1.82) is 0 Å². The van der Waals surface area contributed by atoms with Crippen LogP contribution in [-0.4, -0.2) is 34.4 Å². The first-order valence-electron chi connectivity index (χ1n) is 8.40. The van der Waals surface area contributed by atoms with Gasteiger partial charge in [0.1, 0.15) is 17.2 Å². The van der Waals surface area contributed by atoms with Crippen molar-refractivity contribution >= 4 is 5.91 Å². The van der Waals surface area contributed by atoms with E-state index in [9.17, 15) is 4.79 Å². The zero-order valence-electron chi connectivity index (χ0n) is 13.9. The van der Waals surface area contributed by atoms with Crippen molar-refractivity contribution in [2.24, 2.45) is 5.73 Å². The van der Waals surface area contributed by atoms with Gasteiger partial charge in [-0.3, -0.25) is 9.78 Å². The third kappa shape index (κ3) is 3.74. The third-order valence-corrected chi connectivity index (χ3v) is 4.35. The van der Waals surface area contributed by atoms with Crippen molar-refractivity contribution in [3.05, 3.63) is 54.4 Å². The Hall–Kier alpha value is -2.40. The summed E-state index contributed by atoms with van der Waals surface area (Å²) >= 11 is 0. The Labute approximate surface area is 142 Å². The van der Waals surface area contributed by atoms with Crippen molar-refractivity contribution in [2.45, 2.75) is 38.3 Å². The van der Waals surface area contributed by atoms with Crippen molar-refractivity contribution in [1.82, 2.24) is 9.88 Å². The van der Waals surface area contributed by atoms with Crippen LogP contribution in [0.2, 0.25) is 0 Å². The predicted octanol–water partition coefficient (Wildman–Crippen LogP) is 3.22. The van der Waals surface area contributed by atoms with Gasteiger partial charge in [-0.1, -0.05) is 18.2 Å². The number of carbonyl (C=O) groups excluding carboxylic acids is 1. The number of hydrogen-bond donors (Lipinski definition) is 1. The molecule has 0 radical (unpaired) electrons. The van der Waals surface area contributed by atoms with E-state index in [-0.39, 0.29) is 18.0 Å². The highest BCUT2D eigenvalue weighted by atomic mass is 16.5. The van der Waals surface area contributed by atoms with Crippen LogP contribution in [-0.2, 0) is 0 Å². The Balaban J connectivity index is 1.78. The largest absolute Gasteiger partial charge is 0.457 e. The van der Waals surface area contributed by atoms with Gasteiger partial charge in [-0.25, -0.2) is 0 Å². The number of amides is 1. The number of aromatic nitrogens is 1. The summed E-state index contributed by atoms with van der Waals surface area (Å²) in [5, 5.41) is 0. The molecule has 5 heteroatoms. The summed E-state index contributed by atoms with van der Waals surface area (Å²) in [6.45, 7) is 2.69. The summed E-state index contributed by atoms with van der Waals surface area (Å²) in [5.74, 6) is 1.26. The molecule has 1 amide bonds. The number of likely N-dealkylation sites (tertiary alicyclic amines) is 1. The summed E-state index contributed by atoms with van der Waals surface area (Å²) in [5.41, 5.74) is 6.47. The van der Waals surface area contributed by atoms with Crippen LogP contribution in [0.15, 0.2) is 48.7 Å². The van der Waals surface area contributed by atoms with E-state index in [4.69, 9.17) is 10.5 Å². The Kier molecular flexibility index (Phi) is 5.11. The number of rotatable bonds is 4. The second-order valence-corrected chi connectivity index (χ2v) is 6.21. The second-order valence-electron chi connectivity index (χ2n) is 6.21. The normalized spacial score (nSPS) is 18.9. The maximum absolute atomic E-state index is 12.9. The highest BCUT2D eigenvalue weighted by molar-refractivity contribution is 5.93. The number of carbonyl (C=O) groups is 1. The zero-order chi connectivity index (χ0) is 16.9. The fourth-order valence-electron chi connectivity index (χ4n) is 3.12. The van der Waals surface area contributed by atoms with Crippen LogP contribution in [0.1, 0.15) is 36.7 Å². The molecular weight excluding hydrogens is 302 g/mol. The summed E-state index contributed by atoms with van der Waals surface area (Å²) < 4.78 is 5.80. The predicted molar refractivity (Wildman–Crippen MR) is 93.1 cm³/mol. The molecule has 0 unspecified atom stereocenters. The van der Waals surface area contributed by atoms with E-state index >= 15 is 0 Å². The van der Waals surface area contributed by atoms with Gasteiger partial charge < -0.3 is 15.4 Å². The van der Waals surface area contributed by atoms with Crippen LogP contribution in [0, 0.1) is 0 Å². The highest BCUT2D eigenvalue weighted by Crippen LogP contribution is 2.24. The lowest BCUT2D eigenvalue weighted by molar-refractivity contribution is 0.0577. The fraction of sp³-hybridized carbons (Fsp3) is 0.368. The second kappa shape index (κ2) is 7.45. The lowest BCUT2D eigenvalue weighted by Crippen LogP contribution is -2.51. The first-order valence-corrected chi connectivity index (χ1v) is 8.40. The first kappa shape index (κ1) is 16.5. The number of hydrogen-bond acceptors (Lipinski definition) is 4. The molecule has 0 spiro atoms. The molecule has 1 aliphatic heterocycles. The molecule has 3 rings (SSSR count). The van der Waals surface area contributed by atoms with E-state index in [0.717, 1.165) is 31.6 Å². The number of benzene rings is 1. The van der Waals surface area contributed by atoms with Crippen LogP contribution in [0.3, 0.4) is 0 Å². The lowest BCUT2D eigenvalue weighted by atomic mass is 9.96. The van der Waals surface area contributed by atoms with Crippen LogP contribution in [0.4, 0.5) is 0 Å². The molecule has 1 aromatic heterocycles. The molecule has 0 bridgehead atoms. The van der Waals surface area contributed by atoms with Crippen LogP contribution >= 0.6 is 0 Å². The van der Waals surface area contributed by atoms with Crippen molar-refractivity contribution < 1.29 is 9.53 Å². The lowest BCUT2D eigenvalue weighted by Gasteiger charge is -2.37. The summed E-state index contributed by atoms with van der Waals surface area (Å²) in [7, 11) is 0. The summed E-state index contributed by atoms with van der Waals surface area (Å²) in [6, 6.07) is 13.0.